The van der Waals surface area contributed by atoms with E-state index in [0.29, 0.717) is 18.4 Å². The largest absolute Gasteiger partial charge is 0.360 e. The van der Waals surface area contributed by atoms with Gasteiger partial charge < -0.3 is 9.84 Å². The van der Waals surface area contributed by atoms with Crippen molar-refractivity contribution in [2.24, 2.45) is 0 Å². The van der Waals surface area contributed by atoms with Crippen molar-refractivity contribution in [3.63, 3.8) is 0 Å². The number of aromatic nitrogens is 4. The first-order chi connectivity index (χ1) is 14.8. The lowest BCUT2D eigenvalue weighted by molar-refractivity contribution is 0.307. The lowest BCUT2D eigenvalue weighted by atomic mass is 9.80. The van der Waals surface area contributed by atoms with E-state index in [2.05, 4.69) is 43.4 Å². The molecule has 0 amide bonds. The number of rotatable bonds is 2. The minimum absolute atomic E-state index is 0. The normalized spacial score (nSPS) is 20.5. The predicted octanol–water partition coefficient (Wildman–Crippen LogP) is 5.53. The molecule has 0 saturated heterocycles. The second-order valence-corrected chi connectivity index (χ2v) is 8.74. The van der Waals surface area contributed by atoms with Gasteiger partial charge in [-0.15, -0.1) is 22.6 Å². The number of fused-ring (bicyclic) bond motifs is 4. The first-order valence-corrected chi connectivity index (χ1v) is 10.9. The van der Waals surface area contributed by atoms with Crippen molar-refractivity contribution in [1.29, 1.82) is 0 Å². The molecule has 2 aromatic carbocycles. The van der Waals surface area contributed by atoms with Crippen LogP contribution in [0.5, 0.6) is 0 Å². The molecule has 8 heteroatoms. The van der Waals surface area contributed by atoms with E-state index in [1.165, 1.54) is 5.56 Å². The minimum Gasteiger partial charge on any atom is -0.360 e. The number of halogens is 2. The minimum atomic E-state index is 0. The van der Waals surface area contributed by atoms with E-state index in [4.69, 9.17) is 16.1 Å². The Morgan fingerprint density at radius 2 is 1.77 bits per heavy atom. The summed E-state index contributed by atoms with van der Waals surface area (Å²) in [4.78, 5) is 0. The lowest BCUT2D eigenvalue weighted by Gasteiger charge is -2.27. The third-order valence-electron chi connectivity index (χ3n) is 6.51. The van der Waals surface area contributed by atoms with Crippen molar-refractivity contribution < 1.29 is 4.52 Å². The molecule has 1 saturated carbocycles. The van der Waals surface area contributed by atoms with Crippen LogP contribution in [0.3, 0.4) is 0 Å². The highest BCUT2D eigenvalue weighted by Crippen LogP contribution is 2.42. The SMILES string of the molecule is Cl.Clc1ccc2c(c1)CNCc1nnc(C3CCC(c4onc5ccccc45)CC3)n1-2. The summed E-state index contributed by atoms with van der Waals surface area (Å²) in [5, 5.41) is 18.7. The standard InChI is InChI=1S/C23H22ClN5O.ClH/c24-17-9-10-20-16(11-17)12-25-13-21-26-27-23(29(20)21)15-7-5-14(6-8-15)22-18-3-1-2-4-19(18)28-30-22;/h1-4,9-11,14-15,25H,5-8,12-13H2;1H. The predicted molar refractivity (Wildman–Crippen MR) is 122 cm³/mol. The Bertz CT molecular complexity index is 1230. The van der Waals surface area contributed by atoms with Gasteiger partial charge >= 0.3 is 0 Å². The van der Waals surface area contributed by atoms with Crippen LogP contribution in [0.15, 0.2) is 47.0 Å². The fraction of sp³-hybridized carbons (Fsp3) is 0.348. The quantitative estimate of drug-likeness (QED) is 0.430. The Labute approximate surface area is 191 Å². The molecule has 0 spiro atoms. The zero-order valence-corrected chi connectivity index (χ0v) is 18.5. The average molecular weight is 456 g/mol. The van der Waals surface area contributed by atoms with E-state index in [0.717, 1.165) is 71.3 Å². The summed E-state index contributed by atoms with van der Waals surface area (Å²) in [6, 6.07) is 14.3. The van der Waals surface area contributed by atoms with Gasteiger partial charge in [-0.05, 0) is 61.6 Å². The number of hydrogen-bond acceptors (Lipinski definition) is 5. The van der Waals surface area contributed by atoms with E-state index >= 15 is 0 Å². The molecular formula is C23H23Cl2N5O. The van der Waals surface area contributed by atoms with Gasteiger partial charge in [0.1, 0.15) is 17.1 Å². The first kappa shape index (κ1) is 20.5. The van der Waals surface area contributed by atoms with Crippen LogP contribution in [0.25, 0.3) is 16.6 Å². The summed E-state index contributed by atoms with van der Waals surface area (Å²) >= 11 is 6.24. The van der Waals surface area contributed by atoms with Gasteiger partial charge in [0.2, 0.25) is 0 Å². The Hall–Kier alpha value is -2.41. The highest BCUT2D eigenvalue weighted by molar-refractivity contribution is 6.30. The van der Waals surface area contributed by atoms with Gasteiger partial charge in [0, 0.05) is 28.8 Å². The topological polar surface area (TPSA) is 68.8 Å². The van der Waals surface area contributed by atoms with Gasteiger partial charge in [0.05, 0.1) is 12.2 Å². The monoisotopic (exact) mass is 455 g/mol. The number of nitrogens with zero attached hydrogens (tertiary/aromatic N) is 4. The van der Waals surface area contributed by atoms with Crippen LogP contribution in [0, 0.1) is 0 Å². The van der Waals surface area contributed by atoms with Crippen molar-refractivity contribution in [3.8, 4) is 5.69 Å². The van der Waals surface area contributed by atoms with Crippen LogP contribution in [0.2, 0.25) is 5.02 Å². The van der Waals surface area contributed by atoms with Gasteiger partial charge in [0.25, 0.3) is 0 Å². The first-order valence-electron chi connectivity index (χ1n) is 10.6. The summed E-state index contributed by atoms with van der Waals surface area (Å²) in [6.07, 6.45) is 4.26. The molecule has 0 bridgehead atoms. The molecule has 1 aliphatic carbocycles. The second-order valence-electron chi connectivity index (χ2n) is 8.30. The van der Waals surface area contributed by atoms with E-state index in [1.807, 2.05) is 24.3 Å². The molecule has 0 atom stereocenters. The molecule has 1 N–H and O–H groups in total. The zero-order chi connectivity index (χ0) is 20.1. The molecule has 0 radical (unpaired) electrons. The van der Waals surface area contributed by atoms with E-state index < -0.39 is 0 Å². The van der Waals surface area contributed by atoms with Crippen LogP contribution in [-0.2, 0) is 13.1 Å². The Balaban J connectivity index is 0.00000204. The maximum absolute atomic E-state index is 6.24. The van der Waals surface area contributed by atoms with E-state index in [1.54, 1.807) is 0 Å². The molecule has 31 heavy (non-hydrogen) atoms. The summed E-state index contributed by atoms with van der Waals surface area (Å²) in [6.45, 7) is 1.49. The van der Waals surface area contributed by atoms with Crippen molar-refractivity contribution in [2.75, 3.05) is 0 Å². The van der Waals surface area contributed by atoms with Gasteiger partial charge in [-0.3, -0.25) is 4.57 Å². The Kier molecular flexibility index (Phi) is 5.46. The van der Waals surface area contributed by atoms with Crippen molar-refractivity contribution in [2.45, 2.75) is 50.6 Å². The number of nitrogens with one attached hydrogen (secondary N) is 1. The van der Waals surface area contributed by atoms with E-state index in [-0.39, 0.29) is 12.4 Å². The van der Waals surface area contributed by atoms with Crippen LogP contribution < -0.4 is 5.32 Å². The third-order valence-corrected chi connectivity index (χ3v) is 6.75. The summed E-state index contributed by atoms with van der Waals surface area (Å²) in [7, 11) is 0. The van der Waals surface area contributed by atoms with Crippen molar-refractivity contribution in [1.82, 2.24) is 25.2 Å². The molecule has 160 valence electrons. The summed E-state index contributed by atoms with van der Waals surface area (Å²) in [5.74, 6) is 3.87. The van der Waals surface area contributed by atoms with Gasteiger partial charge in [-0.2, -0.15) is 0 Å². The molecule has 3 heterocycles. The molecule has 0 unspecified atom stereocenters. The van der Waals surface area contributed by atoms with Gasteiger partial charge in [-0.1, -0.05) is 28.9 Å². The fourth-order valence-electron chi connectivity index (χ4n) is 5.01. The lowest BCUT2D eigenvalue weighted by Crippen LogP contribution is -2.16. The maximum Gasteiger partial charge on any atom is 0.151 e. The molecule has 6 nitrogen and oxygen atoms in total. The van der Waals surface area contributed by atoms with Crippen LogP contribution in [0.1, 0.15) is 60.5 Å². The second kappa shape index (κ2) is 8.26. The zero-order valence-electron chi connectivity index (χ0n) is 16.9. The molecule has 2 aromatic heterocycles. The van der Waals surface area contributed by atoms with Crippen LogP contribution in [-0.4, -0.2) is 19.9 Å². The average Bonchev–Trinajstić information content (AvgIpc) is 3.34. The fourth-order valence-corrected chi connectivity index (χ4v) is 5.21. The Morgan fingerprint density at radius 3 is 2.65 bits per heavy atom. The molecule has 4 aromatic rings. The molecule has 1 aliphatic heterocycles. The smallest absolute Gasteiger partial charge is 0.151 e. The Morgan fingerprint density at radius 1 is 0.968 bits per heavy atom. The van der Waals surface area contributed by atoms with Crippen molar-refractivity contribution >= 4 is 34.9 Å². The van der Waals surface area contributed by atoms with Crippen LogP contribution >= 0.6 is 24.0 Å². The van der Waals surface area contributed by atoms with Crippen molar-refractivity contribution in [3.05, 3.63) is 70.5 Å². The molecule has 2 aliphatic rings. The van der Waals surface area contributed by atoms with Gasteiger partial charge in [0.15, 0.2) is 5.82 Å². The van der Waals surface area contributed by atoms with Gasteiger partial charge in [-0.25, -0.2) is 0 Å². The highest BCUT2D eigenvalue weighted by Gasteiger charge is 2.31. The summed E-state index contributed by atoms with van der Waals surface area (Å²) in [5.41, 5.74) is 3.27. The highest BCUT2D eigenvalue weighted by atomic mass is 35.5. The maximum atomic E-state index is 6.24. The number of hydrogen-bond donors (Lipinski definition) is 1. The molecular weight excluding hydrogens is 433 g/mol. The number of benzene rings is 2. The molecule has 6 rings (SSSR count). The third kappa shape index (κ3) is 3.53. The molecule has 1 fully saturated rings. The van der Waals surface area contributed by atoms with Crippen LogP contribution in [0.4, 0.5) is 0 Å². The summed E-state index contributed by atoms with van der Waals surface area (Å²) < 4.78 is 7.99. The van der Waals surface area contributed by atoms with E-state index in [9.17, 15) is 0 Å².